The molecule has 0 aliphatic heterocycles. The predicted octanol–water partition coefficient (Wildman–Crippen LogP) is 3.88. The Morgan fingerprint density at radius 2 is 1.64 bits per heavy atom. The van der Waals surface area contributed by atoms with E-state index in [1.54, 1.807) is 0 Å². The molecule has 118 valence electrons. The Morgan fingerprint density at radius 3 is 2.23 bits per heavy atom. The monoisotopic (exact) mass is 309 g/mol. The Kier molecular flexibility index (Phi) is 5.57. The van der Waals surface area contributed by atoms with Gasteiger partial charge in [-0.25, -0.2) is 13.2 Å². The van der Waals surface area contributed by atoms with Gasteiger partial charge in [-0.15, -0.1) is 0 Å². The van der Waals surface area contributed by atoms with Crippen LogP contribution < -0.4 is 5.32 Å². The molecule has 0 spiro atoms. The van der Waals surface area contributed by atoms with Crippen molar-refractivity contribution in [1.82, 2.24) is 5.32 Å². The van der Waals surface area contributed by atoms with E-state index in [1.165, 1.54) is 36.4 Å². The molecule has 2 nitrogen and oxygen atoms in total. The molecular weight excluding hydrogens is 291 g/mol. The van der Waals surface area contributed by atoms with Crippen LogP contribution in [-0.2, 0) is 0 Å². The molecule has 2 atom stereocenters. The third kappa shape index (κ3) is 4.08. The number of hydrogen-bond donors (Lipinski definition) is 2. The van der Waals surface area contributed by atoms with Gasteiger partial charge >= 0.3 is 0 Å². The molecule has 0 saturated heterocycles. The van der Waals surface area contributed by atoms with Gasteiger partial charge in [0.05, 0.1) is 6.10 Å². The maximum absolute atomic E-state index is 13.8. The minimum atomic E-state index is -0.835. The average molecular weight is 309 g/mol. The zero-order chi connectivity index (χ0) is 16.1. The second-order valence-corrected chi connectivity index (χ2v) is 5.10. The van der Waals surface area contributed by atoms with E-state index in [1.807, 2.05) is 6.92 Å². The zero-order valence-corrected chi connectivity index (χ0v) is 12.2. The fourth-order valence-corrected chi connectivity index (χ4v) is 2.31. The van der Waals surface area contributed by atoms with Gasteiger partial charge in [-0.2, -0.15) is 0 Å². The van der Waals surface area contributed by atoms with Gasteiger partial charge in [-0.3, -0.25) is 0 Å². The molecule has 0 fully saturated rings. The van der Waals surface area contributed by atoms with E-state index < -0.39 is 17.7 Å². The standard InChI is InChI=1S/C17H18F3NO/c1-2-16(14-8-7-13(19)9-15(14)20)21-10-17(22)11-3-5-12(18)6-4-11/h3-9,16-17,21-22H,2,10H2,1H3. The molecule has 0 aliphatic rings. The Hall–Kier alpha value is -1.85. The number of halogens is 3. The van der Waals surface area contributed by atoms with Crippen molar-refractivity contribution >= 4 is 0 Å². The van der Waals surface area contributed by atoms with Gasteiger partial charge in [0.2, 0.25) is 0 Å². The van der Waals surface area contributed by atoms with Crippen molar-refractivity contribution in [3.8, 4) is 0 Å². The maximum Gasteiger partial charge on any atom is 0.130 e. The van der Waals surface area contributed by atoms with Crippen LogP contribution in [0.5, 0.6) is 0 Å². The van der Waals surface area contributed by atoms with Crippen molar-refractivity contribution in [1.29, 1.82) is 0 Å². The summed E-state index contributed by atoms with van der Waals surface area (Å²) in [5, 5.41) is 13.1. The van der Waals surface area contributed by atoms with E-state index in [4.69, 9.17) is 0 Å². The van der Waals surface area contributed by atoms with Crippen LogP contribution in [0.15, 0.2) is 42.5 Å². The summed E-state index contributed by atoms with van der Waals surface area (Å²) in [6.07, 6.45) is -0.253. The molecule has 5 heteroatoms. The van der Waals surface area contributed by atoms with Gasteiger partial charge < -0.3 is 10.4 Å². The molecule has 0 aliphatic carbocycles. The highest BCUT2D eigenvalue weighted by atomic mass is 19.1. The molecule has 2 N–H and O–H groups in total. The quantitative estimate of drug-likeness (QED) is 0.849. The Morgan fingerprint density at radius 1 is 1.00 bits per heavy atom. The van der Waals surface area contributed by atoms with Crippen LogP contribution in [0.1, 0.15) is 36.6 Å². The summed E-state index contributed by atoms with van der Waals surface area (Å²) in [6, 6.07) is 8.66. The topological polar surface area (TPSA) is 32.3 Å². The molecule has 0 bridgehead atoms. The van der Waals surface area contributed by atoms with Crippen LogP contribution in [0.4, 0.5) is 13.2 Å². The van der Waals surface area contributed by atoms with E-state index in [2.05, 4.69) is 5.32 Å². The van der Waals surface area contributed by atoms with Gasteiger partial charge in [-0.1, -0.05) is 25.1 Å². The fourth-order valence-electron chi connectivity index (χ4n) is 2.31. The molecular formula is C17H18F3NO. The minimum absolute atomic E-state index is 0.182. The molecule has 2 aromatic carbocycles. The van der Waals surface area contributed by atoms with E-state index in [-0.39, 0.29) is 18.4 Å². The van der Waals surface area contributed by atoms with Crippen LogP contribution in [0, 0.1) is 17.5 Å². The van der Waals surface area contributed by atoms with Gasteiger partial charge in [0.15, 0.2) is 0 Å². The van der Waals surface area contributed by atoms with Crippen molar-refractivity contribution in [3.63, 3.8) is 0 Å². The van der Waals surface area contributed by atoms with E-state index in [0.717, 1.165) is 6.07 Å². The molecule has 0 aromatic heterocycles. The molecule has 2 unspecified atom stereocenters. The van der Waals surface area contributed by atoms with E-state index >= 15 is 0 Å². The lowest BCUT2D eigenvalue weighted by Crippen LogP contribution is -2.27. The van der Waals surface area contributed by atoms with Crippen LogP contribution in [0.25, 0.3) is 0 Å². The second-order valence-electron chi connectivity index (χ2n) is 5.10. The van der Waals surface area contributed by atoms with Crippen LogP contribution in [-0.4, -0.2) is 11.7 Å². The molecule has 2 aromatic rings. The summed E-state index contributed by atoms with van der Waals surface area (Å²) in [6.45, 7) is 2.05. The van der Waals surface area contributed by atoms with Gasteiger partial charge in [0.25, 0.3) is 0 Å². The zero-order valence-electron chi connectivity index (χ0n) is 12.2. The number of benzene rings is 2. The summed E-state index contributed by atoms with van der Waals surface area (Å²) < 4.78 is 39.6. The fraction of sp³-hybridized carbons (Fsp3) is 0.294. The molecule has 0 saturated carbocycles. The third-order valence-electron chi connectivity index (χ3n) is 3.56. The lowest BCUT2D eigenvalue weighted by atomic mass is 10.0. The first kappa shape index (κ1) is 16.5. The Labute approximate surface area is 127 Å². The van der Waals surface area contributed by atoms with Crippen LogP contribution in [0.2, 0.25) is 0 Å². The highest BCUT2D eigenvalue weighted by molar-refractivity contribution is 5.23. The van der Waals surface area contributed by atoms with Gasteiger partial charge in [0, 0.05) is 24.2 Å². The normalized spacial score (nSPS) is 13.9. The summed E-state index contributed by atoms with van der Waals surface area (Å²) in [5.74, 6) is -1.61. The first-order chi connectivity index (χ1) is 10.5. The van der Waals surface area contributed by atoms with Crippen molar-refractivity contribution in [2.75, 3.05) is 6.54 Å². The lowest BCUT2D eigenvalue weighted by Gasteiger charge is -2.20. The van der Waals surface area contributed by atoms with E-state index in [0.29, 0.717) is 17.5 Å². The van der Waals surface area contributed by atoms with Crippen molar-refractivity contribution in [3.05, 3.63) is 71.0 Å². The largest absolute Gasteiger partial charge is 0.387 e. The number of nitrogens with one attached hydrogen (secondary N) is 1. The SMILES string of the molecule is CCC(NCC(O)c1ccc(F)cc1)c1ccc(F)cc1F. The highest BCUT2D eigenvalue weighted by Gasteiger charge is 2.16. The summed E-state index contributed by atoms with van der Waals surface area (Å²) in [5.41, 5.74) is 0.929. The van der Waals surface area contributed by atoms with Gasteiger partial charge in [0.1, 0.15) is 17.5 Å². The summed E-state index contributed by atoms with van der Waals surface area (Å²) >= 11 is 0. The second kappa shape index (κ2) is 7.42. The highest BCUT2D eigenvalue weighted by Crippen LogP contribution is 2.22. The number of aliphatic hydroxyl groups excluding tert-OH is 1. The smallest absolute Gasteiger partial charge is 0.130 e. The first-order valence-corrected chi connectivity index (χ1v) is 7.13. The predicted molar refractivity (Wildman–Crippen MR) is 78.8 cm³/mol. The molecule has 0 amide bonds. The Bertz CT molecular complexity index is 616. The number of aliphatic hydroxyl groups is 1. The van der Waals surface area contributed by atoms with E-state index in [9.17, 15) is 18.3 Å². The average Bonchev–Trinajstić information content (AvgIpc) is 2.50. The summed E-state index contributed by atoms with van der Waals surface area (Å²) in [7, 11) is 0. The van der Waals surface area contributed by atoms with Crippen molar-refractivity contribution in [2.24, 2.45) is 0 Å². The molecule has 0 heterocycles. The van der Waals surface area contributed by atoms with Crippen molar-refractivity contribution < 1.29 is 18.3 Å². The first-order valence-electron chi connectivity index (χ1n) is 7.13. The molecule has 2 rings (SSSR count). The van der Waals surface area contributed by atoms with Crippen molar-refractivity contribution in [2.45, 2.75) is 25.5 Å². The Balaban J connectivity index is 2.02. The number of rotatable bonds is 6. The minimum Gasteiger partial charge on any atom is -0.387 e. The maximum atomic E-state index is 13.8. The van der Waals surface area contributed by atoms with Crippen LogP contribution in [0.3, 0.4) is 0 Å². The summed E-state index contributed by atoms with van der Waals surface area (Å²) in [4.78, 5) is 0. The lowest BCUT2D eigenvalue weighted by molar-refractivity contribution is 0.169. The number of hydrogen-bond acceptors (Lipinski definition) is 2. The molecule has 0 radical (unpaired) electrons. The molecule has 22 heavy (non-hydrogen) atoms. The van der Waals surface area contributed by atoms with Crippen LogP contribution >= 0.6 is 0 Å². The van der Waals surface area contributed by atoms with Gasteiger partial charge in [-0.05, 0) is 30.2 Å². The third-order valence-corrected chi connectivity index (χ3v) is 3.56.